The number of carbonyl (C=O) groups is 1. The molecular formula is C13H16N4O. The van der Waals surface area contributed by atoms with Gasteiger partial charge in [-0.05, 0) is 30.9 Å². The Kier molecular flexibility index (Phi) is 3.78. The highest BCUT2D eigenvalue weighted by atomic mass is 16.1. The summed E-state index contributed by atoms with van der Waals surface area (Å²) in [5.74, 6) is 0.884. The Hall–Kier alpha value is -2.09. The lowest BCUT2D eigenvalue weighted by atomic mass is 9.93. The maximum atomic E-state index is 10.9. The zero-order valence-corrected chi connectivity index (χ0v) is 10.2. The number of nitriles is 1. The van der Waals surface area contributed by atoms with E-state index in [9.17, 15) is 4.79 Å². The number of piperidine rings is 1. The number of anilines is 1. The Morgan fingerprint density at radius 3 is 2.89 bits per heavy atom. The van der Waals surface area contributed by atoms with Crippen LogP contribution in [-0.2, 0) is 4.79 Å². The van der Waals surface area contributed by atoms with Gasteiger partial charge in [0, 0.05) is 25.7 Å². The number of carbonyl (C=O) groups excluding carboxylic acids is 1. The average Bonchev–Trinajstić information content (AvgIpc) is 2.39. The summed E-state index contributed by atoms with van der Waals surface area (Å²) in [6.07, 6.45) is 4.00. The van der Waals surface area contributed by atoms with E-state index in [-0.39, 0.29) is 5.91 Å². The number of nitrogens with zero attached hydrogens (tertiary/aromatic N) is 3. The van der Waals surface area contributed by atoms with E-state index in [1.807, 2.05) is 0 Å². The molecule has 2 N–H and O–H groups in total. The quantitative estimate of drug-likeness (QED) is 0.861. The highest BCUT2D eigenvalue weighted by Crippen LogP contribution is 2.25. The molecule has 1 aliphatic heterocycles. The van der Waals surface area contributed by atoms with Crippen molar-refractivity contribution in [2.75, 3.05) is 18.0 Å². The number of amides is 1. The molecule has 5 nitrogen and oxygen atoms in total. The molecule has 0 unspecified atom stereocenters. The molecule has 0 bridgehead atoms. The fraction of sp³-hybridized carbons (Fsp3) is 0.462. The van der Waals surface area contributed by atoms with Crippen molar-refractivity contribution in [3.63, 3.8) is 0 Å². The second kappa shape index (κ2) is 5.50. The van der Waals surface area contributed by atoms with Gasteiger partial charge in [0.25, 0.3) is 0 Å². The number of nitrogens with two attached hydrogens (primary N) is 1. The van der Waals surface area contributed by atoms with Crippen LogP contribution in [0.4, 0.5) is 5.82 Å². The molecule has 18 heavy (non-hydrogen) atoms. The van der Waals surface area contributed by atoms with Gasteiger partial charge < -0.3 is 10.6 Å². The highest BCUT2D eigenvalue weighted by Gasteiger charge is 2.22. The van der Waals surface area contributed by atoms with Crippen LogP contribution < -0.4 is 10.6 Å². The van der Waals surface area contributed by atoms with Crippen molar-refractivity contribution in [1.82, 2.24) is 4.98 Å². The van der Waals surface area contributed by atoms with Gasteiger partial charge >= 0.3 is 0 Å². The van der Waals surface area contributed by atoms with E-state index in [1.165, 1.54) is 0 Å². The second-order valence-corrected chi connectivity index (χ2v) is 4.59. The third-order valence-electron chi connectivity index (χ3n) is 3.31. The standard InChI is InChI=1S/C13H16N4O/c14-9-11-2-1-5-16-13(11)17-6-3-10(4-7-17)8-12(15)18/h1-2,5,10H,3-4,6-8H2,(H2,15,18). The zero-order valence-electron chi connectivity index (χ0n) is 10.2. The lowest BCUT2D eigenvalue weighted by molar-refractivity contribution is -0.119. The third kappa shape index (κ3) is 2.77. The topological polar surface area (TPSA) is 83.0 Å². The van der Waals surface area contributed by atoms with Crippen LogP contribution in [0.15, 0.2) is 18.3 Å². The van der Waals surface area contributed by atoms with Gasteiger partial charge in [-0.1, -0.05) is 0 Å². The summed E-state index contributed by atoms with van der Waals surface area (Å²) in [4.78, 5) is 17.3. The van der Waals surface area contributed by atoms with Gasteiger partial charge in [0.1, 0.15) is 11.9 Å². The molecule has 1 aromatic heterocycles. The normalized spacial score (nSPS) is 16.3. The van der Waals surface area contributed by atoms with Gasteiger partial charge in [-0.3, -0.25) is 4.79 Å². The molecule has 2 rings (SSSR count). The second-order valence-electron chi connectivity index (χ2n) is 4.59. The van der Waals surface area contributed by atoms with Crippen LogP contribution >= 0.6 is 0 Å². The molecule has 0 aromatic carbocycles. The molecule has 0 radical (unpaired) electrons. The van der Waals surface area contributed by atoms with Crippen LogP contribution in [0.25, 0.3) is 0 Å². The van der Waals surface area contributed by atoms with E-state index >= 15 is 0 Å². The van der Waals surface area contributed by atoms with Crippen molar-refractivity contribution in [2.45, 2.75) is 19.3 Å². The first-order valence-electron chi connectivity index (χ1n) is 6.09. The summed E-state index contributed by atoms with van der Waals surface area (Å²) in [5, 5.41) is 9.04. The summed E-state index contributed by atoms with van der Waals surface area (Å²) < 4.78 is 0. The minimum atomic E-state index is -0.232. The molecule has 1 aromatic rings. The Morgan fingerprint density at radius 2 is 2.28 bits per heavy atom. The molecule has 1 fully saturated rings. The monoisotopic (exact) mass is 244 g/mol. The van der Waals surface area contributed by atoms with Crippen LogP contribution in [-0.4, -0.2) is 24.0 Å². The number of rotatable bonds is 3. The van der Waals surface area contributed by atoms with Gasteiger partial charge in [-0.15, -0.1) is 0 Å². The summed E-state index contributed by atoms with van der Waals surface area (Å²) >= 11 is 0. The van der Waals surface area contributed by atoms with Crippen LogP contribution in [0.2, 0.25) is 0 Å². The Balaban J connectivity index is 2.01. The predicted octanol–water partition coefficient (Wildman–Crippen LogP) is 1.05. The molecule has 0 atom stereocenters. The van der Waals surface area contributed by atoms with Gasteiger partial charge in [0.2, 0.25) is 5.91 Å². The van der Waals surface area contributed by atoms with E-state index in [1.54, 1.807) is 18.3 Å². The summed E-state index contributed by atoms with van der Waals surface area (Å²) in [6.45, 7) is 1.65. The summed E-state index contributed by atoms with van der Waals surface area (Å²) in [7, 11) is 0. The molecule has 0 aliphatic carbocycles. The molecule has 0 spiro atoms. The molecule has 0 saturated carbocycles. The van der Waals surface area contributed by atoms with Crippen LogP contribution in [0.3, 0.4) is 0 Å². The lowest BCUT2D eigenvalue weighted by Gasteiger charge is -2.32. The van der Waals surface area contributed by atoms with Crippen molar-refractivity contribution in [3.05, 3.63) is 23.9 Å². The highest BCUT2D eigenvalue weighted by molar-refractivity contribution is 5.74. The van der Waals surface area contributed by atoms with E-state index in [2.05, 4.69) is 16.0 Å². The van der Waals surface area contributed by atoms with Crippen molar-refractivity contribution in [3.8, 4) is 6.07 Å². The first kappa shape index (κ1) is 12.4. The maximum absolute atomic E-state index is 10.9. The van der Waals surface area contributed by atoms with Crippen molar-refractivity contribution in [1.29, 1.82) is 5.26 Å². The number of pyridine rings is 1. The van der Waals surface area contributed by atoms with Gasteiger partial charge in [0.15, 0.2) is 0 Å². The van der Waals surface area contributed by atoms with Gasteiger partial charge in [-0.2, -0.15) is 5.26 Å². The maximum Gasteiger partial charge on any atom is 0.217 e. The molecule has 2 heterocycles. The van der Waals surface area contributed by atoms with Crippen molar-refractivity contribution >= 4 is 11.7 Å². The molecule has 5 heteroatoms. The summed E-state index contributed by atoms with van der Waals surface area (Å²) in [6, 6.07) is 5.70. The smallest absolute Gasteiger partial charge is 0.217 e. The predicted molar refractivity (Wildman–Crippen MR) is 67.7 cm³/mol. The average molecular weight is 244 g/mol. The summed E-state index contributed by atoms with van der Waals surface area (Å²) in [5.41, 5.74) is 5.81. The van der Waals surface area contributed by atoms with Crippen molar-refractivity contribution < 1.29 is 4.79 Å². The lowest BCUT2D eigenvalue weighted by Crippen LogP contribution is -2.36. The number of aromatic nitrogens is 1. The van der Waals surface area contributed by atoms with Crippen LogP contribution in [0.5, 0.6) is 0 Å². The van der Waals surface area contributed by atoms with E-state index in [0.717, 1.165) is 31.7 Å². The SMILES string of the molecule is N#Cc1cccnc1N1CCC(CC(N)=O)CC1. The Bertz CT molecular complexity index is 472. The first-order chi connectivity index (χ1) is 8.70. The van der Waals surface area contributed by atoms with Crippen LogP contribution in [0, 0.1) is 17.2 Å². The van der Waals surface area contributed by atoms with Gasteiger partial charge in [0.05, 0.1) is 5.56 Å². The molecule has 1 amide bonds. The molecule has 1 aliphatic rings. The fourth-order valence-electron chi connectivity index (χ4n) is 2.37. The fourth-order valence-corrected chi connectivity index (χ4v) is 2.37. The molecular weight excluding hydrogens is 228 g/mol. The first-order valence-corrected chi connectivity index (χ1v) is 6.09. The van der Waals surface area contributed by atoms with Crippen LogP contribution in [0.1, 0.15) is 24.8 Å². The van der Waals surface area contributed by atoms with E-state index in [0.29, 0.717) is 17.9 Å². The number of hydrogen-bond acceptors (Lipinski definition) is 4. The minimum Gasteiger partial charge on any atom is -0.370 e. The minimum absolute atomic E-state index is 0.232. The van der Waals surface area contributed by atoms with E-state index in [4.69, 9.17) is 11.0 Å². The van der Waals surface area contributed by atoms with Crippen molar-refractivity contribution in [2.24, 2.45) is 11.7 Å². The largest absolute Gasteiger partial charge is 0.370 e. The Labute approximate surface area is 106 Å². The third-order valence-corrected chi connectivity index (χ3v) is 3.31. The number of hydrogen-bond donors (Lipinski definition) is 1. The number of primary amides is 1. The zero-order chi connectivity index (χ0) is 13.0. The molecule has 94 valence electrons. The molecule has 1 saturated heterocycles. The van der Waals surface area contributed by atoms with Gasteiger partial charge in [-0.25, -0.2) is 4.98 Å². The Morgan fingerprint density at radius 1 is 1.56 bits per heavy atom. The van der Waals surface area contributed by atoms with E-state index < -0.39 is 0 Å².